The Morgan fingerprint density at radius 1 is 1.29 bits per heavy atom. The minimum atomic E-state index is -0.932. The van der Waals surface area contributed by atoms with E-state index in [1.165, 1.54) is 4.90 Å². The number of aliphatic carboxylic acids is 1. The van der Waals surface area contributed by atoms with Gasteiger partial charge in [-0.25, -0.2) is 4.79 Å². The standard InChI is InChI=1S/C14H25N3O4/c1-3-17(11(2)10-13(19)20)14(21)15-7-6-12(18)16-8-4-5-9-16/h11H,3-10H2,1-2H3,(H,15,21)(H,19,20). The van der Waals surface area contributed by atoms with Crippen LogP contribution in [0.4, 0.5) is 4.79 Å². The lowest BCUT2D eigenvalue weighted by Gasteiger charge is -2.27. The van der Waals surface area contributed by atoms with Gasteiger partial charge in [0.25, 0.3) is 0 Å². The van der Waals surface area contributed by atoms with Crippen LogP contribution in [-0.4, -0.2) is 65.0 Å². The van der Waals surface area contributed by atoms with E-state index in [0.717, 1.165) is 25.9 Å². The lowest BCUT2D eigenvalue weighted by molar-refractivity contribution is -0.138. The molecule has 120 valence electrons. The largest absolute Gasteiger partial charge is 0.481 e. The van der Waals surface area contributed by atoms with Crippen molar-refractivity contribution in [1.29, 1.82) is 0 Å². The summed E-state index contributed by atoms with van der Waals surface area (Å²) in [6, 6.07) is -0.692. The Bertz CT molecular complexity index is 380. The van der Waals surface area contributed by atoms with E-state index in [9.17, 15) is 14.4 Å². The monoisotopic (exact) mass is 299 g/mol. The summed E-state index contributed by atoms with van der Waals surface area (Å²) in [5.74, 6) is -0.868. The predicted octanol–water partition coefficient (Wildman–Crippen LogP) is 0.894. The first-order valence-electron chi connectivity index (χ1n) is 7.49. The average molecular weight is 299 g/mol. The number of carbonyl (C=O) groups excluding carboxylic acids is 2. The van der Waals surface area contributed by atoms with Crippen molar-refractivity contribution in [2.75, 3.05) is 26.2 Å². The number of carbonyl (C=O) groups is 3. The minimum absolute atomic E-state index is 0.0643. The van der Waals surface area contributed by atoms with Crippen LogP contribution in [0.5, 0.6) is 0 Å². The van der Waals surface area contributed by atoms with Gasteiger partial charge in [0, 0.05) is 38.6 Å². The number of hydrogen-bond acceptors (Lipinski definition) is 3. The maximum Gasteiger partial charge on any atom is 0.317 e. The molecule has 1 aliphatic rings. The first kappa shape index (κ1) is 17.3. The van der Waals surface area contributed by atoms with Crippen LogP contribution in [-0.2, 0) is 9.59 Å². The summed E-state index contributed by atoms with van der Waals surface area (Å²) in [4.78, 5) is 37.8. The van der Waals surface area contributed by atoms with E-state index < -0.39 is 5.97 Å². The van der Waals surface area contributed by atoms with Crippen molar-refractivity contribution >= 4 is 17.9 Å². The fourth-order valence-electron chi connectivity index (χ4n) is 2.52. The molecule has 1 atom stereocenters. The minimum Gasteiger partial charge on any atom is -0.481 e. The summed E-state index contributed by atoms with van der Waals surface area (Å²) >= 11 is 0. The second-order valence-electron chi connectivity index (χ2n) is 5.30. The van der Waals surface area contributed by atoms with Gasteiger partial charge in [-0.05, 0) is 26.7 Å². The zero-order valence-electron chi connectivity index (χ0n) is 12.8. The van der Waals surface area contributed by atoms with Crippen LogP contribution < -0.4 is 5.32 Å². The van der Waals surface area contributed by atoms with Crippen LogP contribution >= 0.6 is 0 Å². The maximum absolute atomic E-state index is 12.0. The molecule has 2 N–H and O–H groups in total. The van der Waals surface area contributed by atoms with Crippen LogP contribution in [0.3, 0.4) is 0 Å². The molecule has 0 bridgehead atoms. The zero-order valence-corrected chi connectivity index (χ0v) is 12.8. The number of urea groups is 1. The lowest BCUT2D eigenvalue weighted by Crippen LogP contribution is -2.46. The van der Waals surface area contributed by atoms with E-state index in [4.69, 9.17) is 5.11 Å². The Labute approximate surface area is 125 Å². The Balaban J connectivity index is 2.33. The molecule has 0 saturated carbocycles. The molecule has 1 rings (SSSR count). The van der Waals surface area contributed by atoms with Crippen LogP contribution in [0.15, 0.2) is 0 Å². The van der Waals surface area contributed by atoms with E-state index in [0.29, 0.717) is 6.54 Å². The molecule has 1 saturated heterocycles. The zero-order chi connectivity index (χ0) is 15.8. The van der Waals surface area contributed by atoms with Crippen molar-refractivity contribution in [3.8, 4) is 0 Å². The molecule has 0 aromatic carbocycles. The highest BCUT2D eigenvalue weighted by Gasteiger charge is 2.21. The summed E-state index contributed by atoms with van der Waals surface area (Å²) in [5.41, 5.74) is 0. The third kappa shape index (κ3) is 5.61. The van der Waals surface area contributed by atoms with Gasteiger partial charge in [-0.1, -0.05) is 0 Å². The molecular formula is C14H25N3O4. The van der Waals surface area contributed by atoms with Crippen molar-refractivity contribution in [3.05, 3.63) is 0 Å². The molecule has 1 unspecified atom stereocenters. The van der Waals surface area contributed by atoms with Gasteiger partial charge >= 0.3 is 12.0 Å². The Kier molecular flexibility index (Phi) is 6.98. The van der Waals surface area contributed by atoms with Crippen molar-refractivity contribution in [1.82, 2.24) is 15.1 Å². The van der Waals surface area contributed by atoms with Crippen molar-refractivity contribution < 1.29 is 19.5 Å². The van der Waals surface area contributed by atoms with Crippen molar-refractivity contribution in [2.24, 2.45) is 0 Å². The fourth-order valence-corrected chi connectivity index (χ4v) is 2.52. The Morgan fingerprint density at radius 3 is 2.43 bits per heavy atom. The highest BCUT2D eigenvalue weighted by Crippen LogP contribution is 2.08. The number of rotatable bonds is 7. The molecule has 7 nitrogen and oxygen atoms in total. The number of nitrogens with one attached hydrogen (secondary N) is 1. The van der Waals surface area contributed by atoms with E-state index in [2.05, 4.69) is 5.32 Å². The Hall–Kier alpha value is -1.79. The molecule has 21 heavy (non-hydrogen) atoms. The van der Waals surface area contributed by atoms with Crippen molar-refractivity contribution in [3.63, 3.8) is 0 Å². The molecule has 1 fully saturated rings. The SMILES string of the molecule is CCN(C(=O)NCCC(=O)N1CCCC1)C(C)CC(=O)O. The molecule has 0 aromatic heterocycles. The molecule has 7 heteroatoms. The summed E-state index contributed by atoms with van der Waals surface area (Å²) in [5, 5.41) is 11.5. The van der Waals surface area contributed by atoms with Gasteiger partial charge in [0.15, 0.2) is 0 Å². The van der Waals surface area contributed by atoms with Gasteiger partial charge < -0.3 is 20.2 Å². The summed E-state index contributed by atoms with van der Waals surface area (Å²) in [6.07, 6.45) is 2.30. The third-order valence-electron chi connectivity index (χ3n) is 3.68. The maximum atomic E-state index is 12.0. The number of nitrogens with zero attached hydrogens (tertiary/aromatic N) is 2. The second kappa shape index (κ2) is 8.49. The predicted molar refractivity (Wildman–Crippen MR) is 77.9 cm³/mol. The highest BCUT2D eigenvalue weighted by molar-refractivity contribution is 5.79. The van der Waals surface area contributed by atoms with E-state index in [1.54, 1.807) is 13.8 Å². The van der Waals surface area contributed by atoms with Crippen LogP contribution in [0.2, 0.25) is 0 Å². The quantitative estimate of drug-likeness (QED) is 0.730. The van der Waals surface area contributed by atoms with E-state index >= 15 is 0 Å². The molecule has 1 aliphatic heterocycles. The number of carboxylic acid groups (broad SMARTS) is 1. The summed E-state index contributed by atoms with van der Waals surface area (Å²) < 4.78 is 0. The number of hydrogen-bond donors (Lipinski definition) is 2. The smallest absolute Gasteiger partial charge is 0.317 e. The Morgan fingerprint density at radius 2 is 1.90 bits per heavy atom. The fraction of sp³-hybridized carbons (Fsp3) is 0.786. The van der Waals surface area contributed by atoms with E-state index in [1.807, 2.05) is 4.90 Å². The first-order chi connectivity index (χ1) is 9.95. The van der Waals surface area contributed by atoms with Gasteiger partial charge in [-0.2, -0.15) is 0 Å². The molecule has 0 aromatic rings. The molecule has 0 radical (unpaired) electrons. The molecule has 3 amide bonds. The summed E-state index contributed by atoms with van der Waals surface area (Å²) in [7, 11) is 0. The lowest BCUT2D eigenvalue weighted by atomic mass is 10.2. The van der Waals surface area contributed by atoms with Gasteiger partial charge in [0.1, 0.15) is 0 Å². The summed E-state index contributed by atoms with van der Waals surface area (Å²) in [6.45, 7) is 5.83. The second-order valence-corrected chi connectivity index (χ2v) is 5.30. The topological polar surface area (TPSA) is 90.0 Å². The molecule has 0 spiro atoms. The van der Waals surface area contributed by atoms with Gasteiger partial charge in [0.2, 0.25) is 5.91 Å². The van der Waals surface area contributed by atoms with Gasteiger partial charge in [-0.15, -0.1) is 0 Å². The van der Waals surface area contributed by atoms with Gasteiger partial charge in [-0.3, -0.25) is 9.59 Å². The average Bonchev–Trinajstić information content (AvgIpc) is 2.92. The highest BCUT2D eigenvalue weighted by atomic mass is 16.4. The molecular weight excluding hydrogens is 274 g/mol. The normalized spacial score (nSPS) is 15.6. The number of carboxylic acids is 1. The third-order valence-corrected chi connectivity index (χ3v) is 3.68. The van der Waals surface area contributed by atoms with Crippen LogP contribution in [0.1, 0.15) is 39.5 Å². The number of amides is 3. The first-order valence-corrected chi connectivity index (χ1v) is 7.49. The van der Waals surface area contributed by atoms with Crippen LogP contribution in [0.25, 0.3) is 0 Å². The molecule has 1 heterocycles. The van der Waals surface area contributed by atoms with Gasteiger partial charge in [0.05, 0.1) is 6.42 Å². The molecule has 0 aliphatic carbocycles. The van der Waals surface area contributed by atoms with Crippen molar-refractivity contribution in [2.45, 2.75) is 45.6 Å². The van der Waals surface area contributed by atoms with Crippen LogP contribution in [0, 0.1) is 0 Å². The van der Waals surface area contributed by atoms with E-state index in [-0.39, 0.29) is 37.4 Å². The number of likely N-dealkylation sites (tertiary alicyclic amines) is 1.